The van der Waals surface area contributed by atoms with Crippen molar-refractivity contribution in [2.75, 3.05) is 19.1 Å². The number of nitrogens with zero attached hydrogens (tertiary/aromatic N) is 2. The van der Waals surface area contributed by atoms with E-state index in [1.54, 1.807) is 25.1 Å². The SMILES string of the molecule is COc1cccc(CC(=O)N[C@H]2N=C(c3ccccc3)c3ccccc3N(C)C2=O)c1. The maximum atomic E-state index is 13.2. The first-order valence-electron chi connectivity index (χ1n) is 9.99. The van der Waals surface area contributed by atoms with Gasteiger partial charge in [-0.25, -0.2) is 4.99 Å². The number of fused-ring (bicyclic) bond motifs is 1. The van der Waals surface area contributed by atoms with Gasteiger partial charge in [0.2, 0.25) is 12.1 Å². The van der Waals surface area contributed by atoms with Crippen molar-refractivity contribution in [3.63, 3.8) is 0 Å². The number of nitrogens with one attached hydrogen (secondary N) is 1. The predicted octanol–water partition coefficient (Wildman–Crippen LogP) is 3.19. The van der Waals surface area contributed by atoms with Gasteiger partial charge in [0.05, 0.1) is 24.9 Å². The van der Waals surface area contributed by atoms with E-state index >= 15 is 0 Å². The Bertz CT molecular complexity index is 1140. The van der Waals surface area contributed by atoms with Crippen LogP contribution in [0.4, 0.5) is 5.69 Å². The molecule has 2 amide bonds. The average molecular weight is 413 g/mol. The highest BCUT2D eigenvalue weighted by atomic mass is 16.5. The number of anilines is 1. The lowest BCUT2D eigenvalue weighted by Gasteiger charge is -2.20. The molecule has 0 saturated carbocycles. The molecule has 1 atom stereocenters. The molecule has 4 rings (SSSR count). The first kappa shape index (κ1) is 20.3. The molecule has 156 valence electrons. The number of methoxy groups -OCH3 is 1. The summed E-state index contributed by atoms with van der Waals surface area (Å²) in [7, 11) is 3.28. The van der Waals surface area contributed by atoms with Crippen LogP contribution in [0.5, 0.6) is 5.75 Å². The second-order valence-electron chi connectivity index (χ2n) is 7.26. The van der Waals surface area contributed by atoms with Gasteiger partial charge in [0.25, 0.3) is 5.91 Å². The van der Waals surface area contributed by atoms with Crippen molar-refractivity contribution < 1.29 is 14.3 Å². The third-order valence-electron chi connectivity index (χ3n) is 5.19. The fourth-order valence-electron chi connectivity index (χ4n) is 3.61. The summed E-state index contributed by atoms with van der Waals surface area (Å²) >= 11 is 0. The Kier molecular flexibility index (Phi) is 5.80. The lowest BCUT2D eigenvalue weighted by molar-refractivity contribution is -0.126. The molecule has 3 aromatic rings. The van der Waals surface area contributed by atoms with Crippen molar-refractivity contribution in [1.82, 2.24) is 5.32 Å². The molecule has 1 heterocycles. The van der Waals surface area contributed by atoms with E-state index in [4.69, 9.17) is 9.73 Å². The maximum absolute atomic E-state index is 13.2. The summed E-state index contributed by atoms with van der Waals surface area (Å²) in [5.41, 5.74) is 3.93. The molecular weight excluding hydrogens is 390 g/mol. The number of rotatable bonds is 5. The lowest BCUT2D eigenvalue weighted by atomic mass is 10.0. The van der Waals surface area contributed by atoms with Crippen LogP contribution < -0.4 is 15.0 Å². The monoisotopic (exact) mass is 413 g/mol. The van der Waals surface area contributed by atoms with Crippen LogP contribution in [0.2, 0.25) is 0 Å². The van der Waals surface area contributed by atoms with E-state index in [1.165, 1.54) is 0 Å². The highest BCUT2D eigenvalue weighted by Crippen LogP contribution is 2.27. The van der Waals surface area contributed by atoms with Crippen LogP contribution in [0.3, 0.4) is 0 Å². The fraction of sp³-hybridized carbons (Fsp3) is 0.160. The maximum Gasteiger partial charge on any atom is 0.272 e. The molecule has 1 aliphatic rings. The Labute approximate surface area is 181 Å². The number of hydrogen-bond donors (Lipinski definition) is 1. The number of benzodiazepines with no additional fused rings is 1. The summed E-state index contributed by atoms with van der Waals surface area (Å²) in [6.45, 7) is 0. The zero-order valence-electron chi connectivity index (χ0n) is 17.4. The van der Waals surface area contributed by atoms with E-state index in [1.807, 2.05) is 72.8 Å². The van der Waals surface area contributed by atoms with E-state index in [0.717, 1.165) is 22.4 Å². The molecule has 1 aliphatic heterocycles. The van der Waals surface area contributed by atoms with E-state index in [2.05, 4.69) is 5.32 Å². The van der Waals surface area contributed by atoms with Crippen molar-refractivity contribution in [1.29, 1.82) is 0 Å². The van der Waals surface area contributed by atoms with Crippen LogP contribution in [0.25, 0.3) is 0 Å². The van der Waals surface area contributed by atoms with Crippen LogP contribution in [-0.2, 0) is 16.0 Å². The van der Waals surface area contributed by atoms with Gasteiger partial charge < -0.3 is 15.0 Å². The predicted molar refractivity (Wildman–Crippen MR) is 121 cm³/mol. The van der Waals surface area contributed by atoms with Gasteiger partial charge >= 0.3 is 0 Å². The molecule has 0 bridgehead atoms. The number of aliphatic imine (C=N–C) groups is 1. The lowest BCUT2D eigenvalue weighted by Crippen LogP contribution is -2.46. The third-order valence-corrected chi connectivity index (χ3v) is 5.19. The van der Waals surface area contributed by atoms with Crippen molar-refractivity contribution in [2.45, 2.75) is 12.6 Å². The quantitative estimate of drug-likeness (QED) is 0.698. The molecule has 0 saturated heterocycles. The zero-order valence-corrected chi connectivity index (χ0v) is 17.4. The minimum absolute atomic E-state index is 0.119. The van der Waals surface area contributed by atoms with E-state index < -0.39 is 6.17 Å². The topological polar surface area (TPSA) is 71.0 Å². The second-order valence-corrected chi connectivity index (χ2v) is 7.26. The highest BCUT2D eigenvalue weighted by Gasteiger charge is 2.30. The Balaban J connectivity index is 1.66. The molecule has 0 aromatic heterocycles. The van der Waals surface area contributed by atoms with Gasteiger partial charge in [-0.3, -0.25) is 9.59 Å². The number of benzene rings is 3. The van der Waals surface area contributed by atoms with Crippen molar-refractivity contribution >= 4 is 23.2 Å². The largest absolute Gasteiger partial charge is 0.497 e. The number of amides is 2. The van der Waals surface area contributed by atoms with Crippen LogP contribution in [0.1, 0.15) is 16.7 Å². The van der Waals surface area contributed by atoms with Gasteiger partial charge in [0.1, 0.15) is 5.75 Å². The molecule has 0 aliphatic carbocycles. The molecule has 0 radical (unpaired) electrons. The fourth-order valence-corrected chi connectivity index (χ4v) is 3.61. The molecule has 0 fully saturated rings. The van der Waals surface area contributed by atoms with Crippen LogP contribution in [-0.4, -0.2) is 37.8 Å². The number of carbonyl (C=O) groups is 2. The Hall–Kier alpha value is -3.93. The summed E-state index contributed by atoms with van der Waals surface area (Å²) in [6.07, 6.45) is -0.904. The molecule has 1 N–H and O–H groups in total. The standard InChI is InChI=1S/C25H23N3O3/c1-28-21-14-7-6-13-20(21)23(18-10-4-3-5-11-18)27-24(25(28)30)26-22(29)16-17-9-8-12-19(15-17)31-2/h3-15,24H,16H2,1-2H3,(H,26,29)/t24-/m0/s1. The first-order valence-corrected chi connectivity index (χ1v) is 9.99. The van der Waals surface area contributed by atoms with Gasteiger partial charge in [0.15, 0.2) is 0 Å². The van der Waals surface area contributed by atoms with Crippen LogP contribution in [0, 0.1) is 0 Å². The van der Waals surface area contributed by atoms with Crippen LogP contribution >= 0.6 is 0 Å². The number of ether oxygens (including phenoxy) is 1. The summed E-state index contributed by atoms with van der Waals surface area (Å²) < 4.78 is 5.22. The molecule has 6 heteroatoms. The van der Waals surface area contributed by atoms with Gasteiger partial charge in [-0.15, -0.1) is 0 Å². The summed E-state index contributed by atoms with van der Waals surface area (Å²) in [5, 5.41) is 2.80. The van der Waals surface area contributed by atoms with Crippen molar-refractivity contribution in [3.05, 3.63) is 95.6 Å². The normalized spacial score (nSPS) is 15.5. The van der Waals surface area contributed by atoms with Crippen molar-refractivity contribution in [3.8, 4) is 5.75 Å². The second kappa shape index (κ2) is 8.83. The molecule has 6 nitrogen and oxygen atoms in total. The third kappa shape index (κ3) is 4.33. The van der Waals surface area contributed by atoms with E-state index in [0.29, 0.717) is 11.5 Å². The number of para-hydroxylation sites is 1. The van der Waals surface area contributed by atoms with Crippen molar-refractivity contribution in [2.24, 2.45) is 4.99 Å². The summed E-state index contributed by atoms with van der Waals surface area (Å²) in [6, 6.07) is 24.6. The Morgan fingerprint density at radius 1 is 1.03 bits per heavy atom. The minimum Gasteiger partial charge on any atom is -0.497 e. The van der Waals surface area contributed by atoms with Gasteiger partial charge in [-0.1, -0.05) is 60.7 Å². The number of hydrogen-bond acceptors (Lipinski definition) is 4. The van der Waals surface area contributed by atoms with Gasteiger partial charge in [0, 0.05) is 18.2 Å². The Morgan fingerprint density at radius 3 is 2.55 bits per heavy atom. The van der Waals surface area contributed by atoms with E-state index in [9.17, 15) is 9.59 Å². The molecule has 3 aromatic carbocycles. The van der Waals surface area contributed by atoms with Gasteiger partial charge in [-0.2, -0.15) is 0 Å². The summed E-state index contributed by atoms with van der Waals surface area (Å²) in [4.78, 5) is 32.2. The smallest absolute Gasteiger partial charge is 0.272 e. The van der Waals surface area contributed by atoms with Gasteiger partial charge in [-0.05, 0) is 23.8 Å². The minimum atomic E-state index is -1.02. The number of carbonyl (C=O) groups excluding carboxylic acids is 2. The molecule has 31 heavy (non-hydrogen) atoms. The van der Waals surface area contributed by atoms with E-state index in [-0.39, 0.29) is 18.2 Å². The number of likely N-dealkylation sites (N-methyl/N-ethyl adjacent to an activating group) is 1. The Morgan fingerprint density at radius 2 is 1.77 bits per heavy atom. The first-order chi connectivity index (χ1) is 15.1. The molecule has 0 unspecified atom stereocenters. The average Bonchev–Trinajstić information content (AvgIpc) is 2.90. The molecule has 0 spiro atoms. The van der Waals surface area contributed by atoms with Crippen LogP contribution in [0.15, 0.2) is 83.9 Å². The zero-order chi connectivity index (χ0) is 21.8. The highest BCUT2D eigenvalue weighted by molar-refractivity contribution is 6.20. The molecular formula is C25H23N3O3. The summed E-state index contributed by atoms with van der Waals surface area (Å²) in [5.74, 6) is 0.0925.